The third-order valence-corrected chi connectivity index (χ3v) is 2.87. The number of nitrogens with one attached hydrogen (secondary N) is 1. The van der Waals surface area contributed by atoms with Crippen LogP contribution in [0.15, 0.2) is 49.6 Å². The number of hydrogen-bond donors (Lipinski definition) is 1. The minimum absolute atomic E-state index is 0.0311. The van der Waals surface area contributed by atoms with Crippen molar-refractivity contribution in [1.82, 2.24) is 4.90 Å². The number of thiocarbonyl (C=S) groups is 1. The second-order valence-corrected chi connectivity index (χ2v) is 4.44. The van der Waals surface area contributed by atoms with E-state index in [0.29, 0.717) is 23.8 Å². The molecule has 4 heteroatoms. The Kier molecular flexibility index (Phi) is 5.96. The summed E-state index contributed by atoms with van der Waals surface area (Å²) in [7, 11) is 0. The Bertz CT molecular complexity index is 487. The molecule has 1 rings (SSSR count). The van der Waals surface area contributed by atoms with Gasteiger partial charge in [-0.15, -0.1) is 13.2 Å². The van der Waals surface area contributed by atoms with E-state index in [1.807, 2.05) is 17.0 Å². The smallest absolute Gasteiger partial charge is 0.173 e. The normalized spacial score (nSPS) is 9.53. The summed E-state index contributed by atoms with van der Waals surface area (Å²) in [5.41, 5.74) is 1.46. The third-order valence-electron chi connectivity index (χ3n) is 2.51. The fraction of sp³-hybridized carbons (Fsp3) is 0.200. The quantitative estimate of drug-likeness (QED) is 0.490. The summed E-state index contributed by atoms with van der Waals surface area (Å²) in [5, 5.41) is 3.70. The zero-order valence-corrected chi connectivity index (χ0v) is 11.9. The lowest BCUT2D eigenvalue weighted by atomic mass is 10.1. The minimum atomic E-state index is 0.0311. The SMILES string of the molecule is C=CCN(CC=C)C(=S)Nc1cccc(C(C)=O)c1. The van der Waals surface area contributed by atoms with Gasteiger partial charge in [-0.2, -0.15) is 0 Å². The zero-order chi connectivity index (χ0) is 14.3. The van der Waals surface area contributed by atoms with Crippen LogP contribution < -0.4 is 5.32 Å². The summed E-state index contributed by atoms with van der Waals surface area (Å²) >= 11 is 5.33. The van der Waals surface area contributed by atoms with Crippen LogP contribution in [0.2, 0.25) is 0 Å². The summed E-state index contributed by atoms with van der Waals surface area (Å²) < 4.78 is 0. The number of rotatable bonds is 6. The lowest BCUT2D eigenvalue weighted by Crippen LogP contribution is -2.34. The number of carbonyl (C=O) groups is 1. The van der Waals surface area contributed by atoms with E-state index < -0.39 is 0 Å². The largest absolute Gasteiger partial charge is 0.342 e. The van der Waals surface area contributed by atoms with Crippen LogP contribution in [0, 0.1) is 0 Å². The van der Waals surface area contributed by atoms with Gasteiger partial charge in [0, 0.05) is 24.3 Å². The molecule has 0 aliphatic heterocycles. The van der Waals surface area contributed by atoms with Crippen molar-refractivity contribution in [2.24, 2.45) is 0 Å². The number of ketones is 1. The Labute approximate surface area is 119 Å². The molecule has 100 valence electrons. The van der Waals surface area contributed by atoms with Gasteiger partial charge in [-0.1, -0.05) is 24.3 Å². The summed E-state index contributed by atoms with van der Waals surface area (Å²) in [5.74, 6) is 0.0311. The molecule has 0 amide bonds. The molecule has 0 radical (unpaired) electrons. The Morgan fingerprint density at radius 2 is 2.00 bits per heavy atom. The van der Waals surface area contributed by atoms with Crippen molar-refractivity contribution in [2.75, 3.05) is 18.4 Å². The molecule has 0 aliphatic rings. The van der Waals surface area contributed by atoms with Crippen LogP contribution in [0.4, 0.5) is 5.69 Å². The third kappa shape index (κ3) is 4.67. The van der Waals surface area contributed by atoms with Gasteiger partial charge < -0.3 is 10.2 Å². The van der Waals surface area contributed by atoms with E-state index in [1.165, 1.54) is 0 Å². The molecule has 0 fully saturated rings. The van der Waals surface area contributed by atoms with Gasteiger partial charge in [-0.25, -0.2) is 0 Å². The number of carbonyl (C=O) groups excluding carboxylic acids is 1. The van der Waals surface area contributed by atoms with Gasteiger partial charge in [0.05, 0.1) is 0 Å². The molecule has 0 aromatic heterocycles. The Morgan fingerprint density at radius 3 is 2.53 bits per heavy atom. The molecule has 0 heterocycles. The minimum Gasteiger partial charge on any atom is -0.342 e. The van der Waals surface area contributed by atoms with Gasteiger partial charge in [0.2, 0.25) is 0 Å². The van der Waals surface area contributed by atoms with Crippen LogP contribution in [0.3, 0.4) is 0 Å². The van der Waals surface area contributed by atoms with Crippen molar-refractivity contribution in [3.63, 3.8) is 0 Å². The molecule has 1 aromatic carbocycles. The predicted octanol–water partition coefficient (Wildman–Crippen LogP) is 3.26. The lowest BCUT2D eigenvalue weighted by Gasteiger charge is -2.23. The molecule has 0 saturated heterocycles. The molecular formula is C15H18N2OS. The van der Waals surface area contributed by atoms with Crippen LogP contribution in [-0.2, 0) is 0 Å². The summed E-state index contributed by atoms with van der Waals surface area (Å²) in [4.78, 5) is 13.3. The van der Waals surface area contributed by atoms with E-state index in [9.17, 15) is 4.79 Å². The first-order chi connectivity index (χ1) is 9.08. The van der Waals surface area contributed by atoms with Gasteiger partial charge in [-0.05, 0) is 31.3 Å². The number of nitrogens with zero attached hydrogens (tertiary/aromatic N) is 1. The lowest BCUT2D eigenvalue weighted by molar-refractivity contribution is 0.101. The predicted molar refractivity (Wildman–Crippen MR) is 84.6 cm³/mol. The van der Waals surface area contributed by atoms with E-state index in [-0.39, 0.29) is 5.78 Å². The monoisotopic (exact) mass is 274 g/mol. The number of hydrogen-bond acceptors (Lipinski definition) is 2. The van der Waals surface area contributed by atoms with Crippen LogP contribution in [0.25, 0.3) is 0 Å². The van der Waals surface area contributed by atoms with E-state index in [1.54, 1.807) is 31.2 Å². The molecule has 0 aliphatic carbocycles. The van der Waals surface area contributed by atoms with Crippen molar-refractivity contribution in [3.05, 3.63) is 55.1 Å². The highest BCUT2D eigenvalue weighted by atomic mass is 32.1. The van der Waals surface area contributed by atoms with E-state index in [2.05, 4.69) is 18.5 Å². The van der Waals surface area contributed by atoms with Gasteiger partial charge in [0.15, 0.2) is 10.9 Å². The molecule has 0 saturated carbocycles. The highest BCUT2D eigenvalue weighted by Gasteiger charge is 2.07. The van der Waals surface area contributed by atoms with Crippen molar-refractivity contribution < 1.29 is 4.79 Å². The maximum absolute atomic E-state index is 11.3. The first-order valence-electron chi connectivity index (χ1n) is 5.97. The average Bonchev–Trinajstić information content (AvgIpc) is 2.38. The fourth-order valence-corrected chi connectivity index (χ4v) is 1.84. The molecular weight excluding hydrogens is 256 g/mol. The molecule has 0 spiro atoms. The molecule has 1 N–H and O–H groups in total. The van der Waals surface area contributed by atoms with E-state index in [4.69, 9.17) is 12.2 Å². The van der Waals surface area contributed by atoms with Gasteiger partial charge >= 0.3 is 0 Å². The highest BCUT2D eigenvalue weighted by molar-refractivity contribution is 7.80. The van der Waals surface area contributed by atoms with Crippen molar-refractivity contribution in [2.45, 2.75) is 6.92 Å². The van der Waals surface area contributed by atoms with Crippen LogP contribution in [0.1, 0.15) is 17.3 Å². The Hall–Kier alpha value is -1.94. The Morgan fingerprint density at radius 1 is 1.37 bits per heavy atom. The standard InChI is InChI=1S/C15H18N2OS/c1-4-9-17(10-5-2)15(19)16-14-8-6-7-13(11-14)12(3)18/h4-8,11H,1-2,9-10H2,3H3,(H,16,19). The van der Waals surface area contributed by atoms with Gasteiger partial charge in [0.25, 0.3) is 0 Å². The summed E-state index contributed by atoms with van der Waals surface area (Å²) in [6, 6.07) is 7.27. The fourth-order valence-electron chi connectivity index (χ4n) is 1.57. The maximum Gasteiger partial charge on any atom is 0.173 e. The van der Waals surface area contributed by atoms with Gasteiger partial charge in [-0.3, -0.25) is 4.79 Å². The zero-order valence-electron chi connectivity index (χ0n) is 11.1. The first-order valence-corrected chi connectivity index (χ1v) is 6.38. The first kappa shape index (κ1) is 15.1. The van der Waals surface area contributed by atoms with E-state index in [0.717, 1.165) is 5.69 Å². The average molecular weight is 274 g/mol. The topological polar surface area (TPSA) is 32.3 Å². The van der Waals surface area contributed by atoms with Crippen LogP contribution in [0.5, 0.6) is 0 Å². The van der Waals surface area contributed by atoms with Gasteiger partial charge in [0.1, 0.15) is 0 Å². The van der Waals surface area contributed by atoms with Crippen molar-refractivity contribution in [3.8, 4) is 0 Å². The number of Topliss-reactive ketones (excluding diaryl/α,β-unsaturated/α-hetero) is 1. The summed E-state index contributed by atoms with van der Waals surface area (Å²) in [6.45, 7) is 10.2. The van der Waals surface area contributed by atoms with Crippen molar-refractivity contribution in [1.29, 1.82) is 0 Å². The Balaban J connectivity index is 2.79. The molecule has 19 heavy (non-hydrogen) atoms. The second-order valence-electron chi connectivity index (χ2n) is 4.05. The molecule has 3 nitrogen and oxygen atoms in total. The number of benzene rings is 1. The highest BCUT2D eigenvalue weighted by Crippen LogP contribution is 2.12. The van der Waals surface area contributed by atoms with E-state index >= 15 is 0 Å². The van der Waals surface area contributed by atoms with Crippen molar-refractivity contribution >= 4 is 28.8 Å². The second kappa shape index (κ2) is 7.48. The molecule has 0 bridgehead atoms. The summed E-state index contributed by atoms with van der Waals surface area (Å²) in [6.07, 6.45) is 3.56. The molecule has 1 aromatic rings. The number of anilines is 1. The van der Waals surface area contributed by atoms with Crippen LogP contribution >= 0.6 is 12.2 Å². The molecule has 0 atom stereocenters. The maximum atomic E-state index is 11.3. The molecule has 0 unspecified atom stereocenters. The van der Waals surface area contributed by atoms with Crippen LogP contribution in [-0.4, -0.2) is 28.9 Å².